The number of ether oxygens (including phenoxy) is 2. The molecule has 2 fully saturated rings. The van der Waals surface area contributed by atoms with Crippen LogP contribution in [0.4, 0.5) is 4.79 Å². The van der Waals surface area contributed by atoms with Crippen LogP contribution in [0.3, 0.4) is 0 Å². The number of rotatable bonds is 5. The first-order valence-corrected chi connectivity index (χ1v) is 7.98. The Morgan fingerprint density at radius 1 is 1.22 bits per heavy atom. The lowest BCUT2D eigenvalue weighted by Crippen LogP contribution is -2.36. The zero-order chi connectivity index (χ0) is 16.6. The zero-order valence-electron chi connectivity index (χ0n) is 13.7. The van der Waals surface area contributed by atoms with Crippen LogP contribution in [0.5, 0.6) is 11.5 Å². The minimum absolute atomic E-state index is 0.0749. The lowest BCUT2D eigenvalue weighted by atomic mass is 10.0. The predicted molar refractivity (Wildman–Crippen MR) is 84.5 cm³/mol. The van der Waals surface area contributed by atoms with E-state index in [1.165, 1.54) is 4.90 Å². The van der Waals surface area contributed by atoms with E-state index in [9.17, 15) is 9.59 Å². The molecular formula is C17H22N2O4. The lowest BCUT2D eigenvalue weighted by Gasteiger charge is -2.26. The Bertz CT molecular complexity index is 609. The zero-order valence-corrected chi connectivity index (χ0v) is 13.7. The van der Waals surface area contributed by atoms with Crippen LogP contribution in [0.1, 0.15) is 37.8 Å². The van der Waals surface area contributed by atoms with Crippen LogP contribution in [0, 0.1) is 0 Å². The maximum atomic E-state index is 12.7. The highest BCUT2D eigenvalue weighted by molar-refractivity contribution is 6.05. The second kappa shape index (κ2) is 6.10. The summed E-state index contributed by atoms with van der Waals surface area (Å²) in [5, 5.41) is 0. The van der Waals surface area contributed by atoms with Gasteiger partial charge in [-0.25, -0.2) is 4.79 Å². The van der Waals surface area contributed by atoms with Crippen molar-refractivity contribution in [3.05, 3.63) is 23.8 Å². The molecule has 0 bridgehead atoms. The molecule has 23 heavy (non-hydrogen) atoms. The number of carbonyl (C=O) groups excluding carboxylic acids is 2. The molecule has 0 aliphatic carbocycles. The van der Waals surface area contributed by atoms with Crippen molar-refractivity contribution in [3.8, 4) is 11.5 Å². The number of benzene rings is 1. The quantitative estimate of drug-likeness (QED) is 0.783. The Hall–Kier alpha value is -2.24. The van der Waals surface area contributed by atoms with Gasteiger partial charge in [-0.3, -0.25) is 9.69 Å². The third kappa shape index (κ3) is 2.42. The number of carbonyl (C=O) groups is 2. The molecule has 2 saturated heterocycles. The summed E-state index contributed by atoms with van der Waals surface area (Å²) < 4.78 is 10.6. The maximum absolute atomic E-state index is 12.7. The van der Waals surface area contributed by atoms with Gasteiger partial charge in [0.2, 0.25) is 0 Å². The van der Waals surface area contributed by atoms with Crippen molar-refractivity contribution in [2.24, 2.45) is 0 Å². The molecule has 0 N–H and O–H groups in total. The van der Waals surface area contributed by atoms with Crippen LogP contribution in [0.15, 0.2) is 18.2 Å². The van der Waals surface area contributed by atoms with Gasteiger partial charge in [-0.2, -0.15) is 0 Å². The molecule has 2 aliphatic rings. The summed E-state index contributed by atoms with van der Waals surface area (Å²) in [6, 6.07) is 4.83. The lowest BCUT2D eigenvalue weighted by molar-refractivity contribution is -0.129. The van der Waals surface area contributed by atoms with Gasteiger partial charge in [0, 0.05) is 6.54 Å². The number of imide groups is 1. The molecule has 1 aromatic carbocycles. The molecule has 6 nitrogen and oxygen atoms in total. The molecule has 2 heterocycles. The molecule has 2 atom stereocenters. The third-order valence-corrected chi connectivity index (χ3v) is 4.72. The van der Waals surface area contributed by atoms with Crippen molar-refractivity contribution >= 4 is 11.9 Å². The van der Waals surface area contributed by atoms with E-state index in [4.69, 9.17) is 9.47 Å². The third-order valence-electron chi connectivity index (χ3n) is 4.72. The summed E-state index contributed by atoms with van der Waals surface area (Å²) in [6.07, 6.45) is 2.33. The highest BCUT2D eigenvalue weighted by atomic mass is 16.5. The van der Waals surface area contributed by atoms with Crippen molar-refractivity contribution in [2.45, 2.75) is 38.3 Å². The standard InChI is InChI=1S/C17H22N2O4/c1-4-12(11-7-8-14(22-2)15(10-11)23-3)19-16(20)13-6-5-9-18(13)17(19)21/h7-8,10,12-13H,4-6,9H2,1-3H3. The van der Waals surface area contributed by atoms with Crippen LogP contribution in [-0.4, -0.2) is 48.5 Å². The summed E-state index contributed by atoms with van der Waals surface area (Å²) >= 11 is 0. The molecular weight excluding hydrogens is 296 g/mol. The first-order valence-electron chi connectivity index (χ1n) is 7.98. The van der Waals surface area contributed by atoms with Crippen molar-refractivity contribution in [2.75, 3.05) is 20.8 Å². The van der Waals surface area contributed by atoms with Crippen molar-refractivity contribution in [3.63, 3.8) is 0 Å². The van der Waals surface area contributed by atoms with Crippen molar-refractivity contribution < 1.29 is 19.1 Å². The second-order valence-electron chi connectivity index (χ2n) is 5.88. The Balaban J connectivity index is 1.94. The molecule has 0 saturated carbocycles. The average molecular weight is 318 g/mol. The fourth-order valence-electron chi connectivity index (χ4n) is 3.56. The number of nitrogens with zero attached hydrogens (tertiary/aromatic N) is 2. The van der Waals surface area contributed by atoms with Crippen LogP contribution in [0.2, 0.25) is 0 Å². The number of hydrogen-bond donors (Lipinski definition) is 0. The van der Waals surface area contributed by atoms with E-state index in [-0.39, 0.29) is 24.0 Å². The highest BCUT2D eigenvalue weighted by Crippen LogP contribution is 2.38. The van der Waals surface area contributed by atoms with Gasteiger partial charge < -0.3 is 14.4 Å². The molecule has 3 rings (SSSR count). The SMILES string of the molecule is CCC(c1ccc(OC)c(OC)c1)N1C(=O)C2CCCN2C1=O. The fourth-order valence-corrected chi connectivity index (χ4v) is 3.56. The van der Waals surface area contributed by atoms with E-state index >= 15 is 0 Å². The van der Waals surface area contributed by atoms with E-state index in [1.807, 2.05) is 25.1 Å². The van der Waals surface area contributed by atoms with Gasteiger partial charge >= 0.3 is 6.03 Å². The molecule has 6 heteroatoms. The summed E-state index contributed by atoms with van der Waals surface area (Å²) in [6.45, 7) is 2.65. The van der Waals surface area contributed by atoms with Crippen LogP contribution in [0.25, 0.3) is 0 Å². The Labute approximate surface area is 136 Å². The molecule has 2 unspecified atom stereocenters. The number of amides is 3. The summed E-state index contributed by atoms with van der Waals surface area (Å²) in [5.41, 5.74) is 0.882. The monoisotopic (exact) mass is 318 g/mol. The molecule has 2 aliphatic heterocycles. The average Bonchev–Trinajstić information content (AvgIpc) is 3.14. The van der Waals surface area contributed by atoms with Gasteiger partial charge in [0.1, 0.15) is 6.04 Å². The minimum Gasteiger partial charge on any atom is -0.493 e. The summed E-state index contributed by atoms with van der Waals surface area (Å²) in [7, 11) is 3.15. The normalized spacial score (nSPS) is 21.6. The fraction of sp³-hybridized carbons (Fsp3) is 0.529. The minimum atomic E-state index is -0.277. The number of fused-ring (bicyclic) bond motifs is 1. The van der Waals surface area contributed by atoms with Gasteiger partial charge in [-0.1, -0.05) is 13.0 Å². The van der Waals surface area contributed by atoms with E-state index in [0.29, 0.717) is 24.5 Å². The van der Waals surface area contributed by atoms with E-state index in [1.54, 1.807) is 19.1 Å². The van der Waals surface area contributed by atoms with Crippen molar-refractivity contribution in [1.82, 2.24) is 9.80 Å². The first kappa shape index (κ1) is 15.6. The number of hydrogen-bond acceptors (Lipinski definition) is 4. The predicted octanol–water partition coefficient (Wildman–Crippen LogP) is 2.58. The van der Waals surface area contributed by atoms with Gasteiger partial charge in [0.15, 0.2) is 11.5 Å². The maximum Gasteiger partial charge on any atom is 0.328 e. The smallest absolute Gasteiger partial charge is 0.328 e. The summed E-state index contributed by atoms with van der Waals surface area (Å²) in [4.78, 5) is 28.4. The number of methoxy groups -OCH3 is 2. The second-order valence-corrected chi connectivity index (χ2v) is 5.88. The Morgan fingerprint density at radius 2 is 1.96 bits per heavy atom. The van der Waals surface area contributed by atoms with Gasteiger partial charge in [-0.15, -0.1) is 0 Å². The topological polar surface area (TPSA) is 59.1 Å². The molecule has 0 spiro atoms. The Morgan fingerprint density at radius 3 is 2.57 bits per heavy atom. The molecule has 0 radical (unpaired) electrons. The highest BCUT2D eigenvalue weighted by Gasteiger charge is 2.49. The molecule has 1 aromatic rings. The van der Waals surface area contributed by atoms with Crippen LogP contribution in [-0.2, 0) is 4.79 Å². The van der Waals surface area contributed by atoms with E-state index in [0.717, 1.165) is 18.4 Å². The Kier molecular flexibility index (Phi) is 4.15. The summed E-state index contributed by atoms with van der Waals surface area (Å²) in [5.74, 6) is 1.16. The molecule has 124 valence electrons. The van der Waals surface area contributed by atoms with Gasteiger partial charge in [-0.05, 0) is 37.0 Å². The first-order chi connectivity index (χ1) is 11.1. The van der Waals surface area contributed by atoms with Crippen LogP contribution >= 0.6 is 0 Å². The van der Waals surface area contributed by atoms with Crippen molar-refractivity contribution in [1.29, 1.82) is 0 Å². The van der Waals surface area contributed by atoms with Gasteiger partial charge in [0.05, 0.1) is 20.3 Å². The van der Waals surface area contributed by atoms with E-state index < -0.39 is 0 Å². The molecule has 0 aromatic heterocycles. The van der Waals surface area contributed by atoms with Crippen LogP contribution < -0.4 is 9.47 Å². The largest absolute Gasteiger partial charge is 0.493 e. The van der Waals surface area contributed by atoms with Gasteiger partial charge in [0.25, 0.3) is 5.91 Å². The molecule has 3 amide bonds. The van der Waals surface area contributed by atoms with E-state index in [2.05, 4.69) is 0 Å². The number of urea groups is 1.